The molecular formula is C11H11N5O2. The zero-order valence-corrected chi connectivity index (χ0v) is 9.31. The SMILES string of the molecule is NNc1ccccc1C(=O)Nc1ccc(=O)[nH]n1. The Morgan fingerprint density at radius 1 is 1.22 bits per heavy atom. The molecule has 0 aliphatic carbocycles. The number of rotatable bonds is 3. The van der Waals surface area contributed by atoms with Gasteiger partial charge in [0.15, 0.2) is 5.82 Å². The van der Waals surface area contributed by atoms with E-state index >= 15 is 0 Å². The smallest absolute Gasteiger partial charge is 0.264 e. The molecule has 0 aliphatic heterocycles. The number of carbonyl (C=O) groups excluding carboxylic acids is 1. The highest BCUT2D eigenvalue weighted by Crippen LogP contribution is 2.14. The highest BCUT2D eigenvalue weighted by atomic mass is 16.2. The van der Waals surface area contributed by atoms with Crippen LogP contribution in [0.1, 0.15) is 10.4 Å². The van der Waals surface area contributed by atoms with Crippen LogP contribution in [0.4, 0.5) is 11.5 Å². The summed E-state index contributed by atoms with van der Waals surface area (Å²) < 4.78 is 0. The minimum atomic E-state index is -0.372. The first-order valence-corrected chi connectivity index (χ1v) is 5.13. The number of anilines is 2. The monoisotopic (exact) mass is 245 g/mol. The average molecular weight is 245 g/mol. The van der Waals surface area contributed by atoms with Gasteiger partial charge in [0.2, 0.25) is 0 Å². The molecule has 5 N–H and O–H groups in total. The summed E-state index contributed by atoms with van der Waals surface area (Å²) in [6, 6.07) is 9.45. The molecule has 0 aliphatic rings. The Labute approximate surface area is 102 Å². The Kier molecular flexibility index (Phi) is 3.35. The third kappa shape index (κ3) is 2.53. The van der Waals surface area contributed by atoms with E-state index in [0.717, 1.165) is 0 Å². The molecule has 0 saturated carbocycles. The maximum atomic E-state index is 11.9. The molecule has 1 aromatic heterocycles. The van der Waals surface area contributed by atoms with Gasteiger partial charge in [0.05, 0.1) is 11.3 Å². The largest absolute Gasteiger partial charge is 0.323 e. The fourth-order valence-corrected chi connectivity index (χ4v) is 1.40. The third-order valence-corrected chi connectivity index (χ3v) is 2.25. The molecule has 0 unspecified atom stereocenters. The fourth-order valence-electron chi connectivity index (χ4n) is 1.40. The van der Waals surface area contributed by atoms with Gasteiger partial charge in [-0.15, -0.1) is 0 Å². The van der Waals surface area contributed by atoms with Gasteiger partial charge in [-0.2, -0.15) is 5.10 Å². The summed E-state index contributed by atoms with van der Waals surface area (Å²) in [7, 11) is 0. The van der Waals surface area contributed by atoms with Gasteiger partial charge in [0, 0.05) is 6.07 Å². The standard InChI is InChI=1S/C11H11N5O2/c12-14-8-4-2-1-3-7(8)11(18)13-9-5-6-10(17)16-15-9/h1-6,14H,12H2,(H,16,17)(H,13,15,18). The number of hydrogen-bond acceptors (Lipinski definition) is 5. The van der Waals surface area contributed by atoms with E-state index < -0.39 is 0 Å². The number of aromatic amines is 1. The van der Waals surface area contributed by atoms with Crippen LogP contribution in [0.25, 0.3) is 0 Å². The number of carbonyl (C=O) groups is 1. The van der Waals surface area contributed by atoms with Gasteiger partial charge < -0.3 is 10.7 Å². The lowest BCUT2D eigenvalue weighted by molar-refractivity contribution is 0.102. The number of hydrazine groups is 1. The van der Waals surface area contributed by atoms with Gasteiger partial charge in [-0.1, -0.05) is 12.1 Å². The summed E-state index contributed by atoms with van der Waals surface area (Å²) in [6.45, 7) is 0. The molecule has 0 spiro atoms. The number of benzene rings is 1. The van der Waals surface area contributed by atoms with E-state index in [2.05, 4.69) is 20.9 Å². The summed E-state index contributed by atoms with van der Waals surface area (Å²) in [5.41, 5.74) is 2.98. The predicted molar refractivity (Wildman–Crippen MR) is 67.1 cm³/mol. The van der Waals surface area contributed by atoms with Crippen LogP contribution in [0.15, 0.2) is 41.2 Å². The van der Waals surface area contributed by atoms with Gasteiger partial charge in [0.25, 0.3) is 11.5 Å². The van der Waals surface area contributed by atoms with Gasteiger partial charge >= 0.3 is 0 Å². The lowest BCUT2D eigenvalue weighted by atomic mass is 10.1. The fraction of sp³-hybridized carbons (Fsp3) is 0. The van der Waals surface area contributed by atoms with E-state index in [4.69, 9.17) is 5.84 Å². The highest BCUT2D eigenvalue weighted by Gasteiger charge is 2.10. The molecule has 1 amide bonds. The Morgan fingerprint density at radius 3 is 2.67 bits per heavy atom. The van der Waals surface area contributed by atoms with Crippen LogP contribution in [0.5, 0.6) is 0 Å². The number of aromatic nitrogens is 2. The number of nitrogens with zero attached hydrogens (tertiary/aromatic N) is 1. The molecule has 1 heterocycles. The van der Waals surface area contributed by atoms with E-state index in [9.17, 15) is 9.59 Å². The van der Waals surface area contributed by atoms with Crippen LogP contribution >= 0.6 is 0 Å². The number of nitrogen functional groups attached to an aromatic ring is 1. The number of nitrogens with one attached hydrogen (secondary N) is 3. The normalized spacial score (nSPS) is 9.83. The lowest BCUT2D eigenvalue weighted by Gasteiger charge is -2.08. The summed E-state index contributed by atoms with van der Waals surface area (Å²) in [5, 5.41) is 8.45. The molecule has 0 saturated heterocycles. The van der Waals surface area contributed by atoms with Crippen molar-refractivity contribution in [2.45, 2.75) is 0 Å². The second-order valence-corrected chi connectivity index (χ2v) is 3.45. The summed E-state index contributed by atoms with van der Waals surface area (Å²) in [6.07, 6.45) is 0. The predicted octanol–water partition coefficient (Wildman–Crippen LogP) is 0.308. The first-order chi connectivity index (χ1) is 8.70. The quantitative estimate of drug-likeness (QED) is 0.459. The van der Waals surface area contributed by atoms with Crippen molar-refractivity contribution in [3.8, 4) is 0 Å². The summed E-state index contributed by atoms with van der Waals surface area (Å²) >= 11 is 0. The molecule has 18 heavy (non-hydrogen) atoms. The molecule has 0 atom stereocenters. The van der Waals surface area contributed by atoms with E-state index in [-0.39, 0.29) is 17.3 Å². The molecule has 1 aromatic carbocycles. The van der Waals surface area contributed by atoms with Crippen molar-refractivity contribution < 1.29 is 4.79 Å². The molecule has 92 valence electrons. The molecule has 2 aromatic rings. The minimum absolute atomic E-state index is 0.256. The Bertz CT molecular complexity index is 602. The van der Waals surface area contributed by atoms with Crippen molar-refractivity contribution in [1.82, 2.24) is 10.2 Å². The van der Waals surface area contributed by atoms with Crippen LogP contribution in [-0.4, -0.2) is 16.1 Å². The van der Waals surface area contributed by atoms with Crippen LogP contribution in [-0.2, 0) is 0 Å². The number of para-hydroxylation sites is 1. The summed E-state index contributed by atoms with van der Waals surface area (Å²) in [5.74, 6) is 5.19. The average Bonchev–Trinajstić information content (AvgIpc) is 2.41. The van der Waals surface area contributed by atoms with Gasteiger partial charge in [0.1, 0.15) is 0 Å². The van der Waals surface area contributed by atoms with Crippen LogP contribution in [0.2, 0.25) is 0 Å². The van der Waals surface area contributed by atoms with Crippen molar-refractivity contribution >= 4 is 17.4 Å². The maximum Gasteiger partial charge on any atom is 0.264 e. The van der Waals surface area contributed by atoms with Gasteiger partial charge in [-0.25, -0.2) is 5.10 Å². The Balaban J connectivity index is 2.21. The highest BCUT2D eigenvalue weighted by molar-refractivity contribution is 6.07. The van der Waals surface area contributed by atoms with Gasteiger partial charge in [-0.05, 0) is 18.2 Å². The third-order valence-electron chi connectivity index (χ3n) is 2.25. The van der Waals surface area contributed by atoms with E-state index in [1.807, 2.05) is 0 Å². The van der Waals surface area contributed by atoms with E-state index in [1.54, 1.807) is 24.3 Å². The van der Waals surface area contributed by atoms with Crippen molar-refractivity contribution in [3.05, 3.63) is 52.3 Å². The number of nitrogens with two attached hydrogens (primary N) is 1. The lowest BCUT2D eigenvalue weighted by Crippen LogP contribution is -2.18. The summed E-state index contributed by atoms with van der Waals surface area (Å²) in [4.78, 5) is 22.8. The molecule has 2 rings (SSSR count). The van der Waals surface area contributed by atoms with Crippen molar-refractivity contribution in [2.24, 2.45) is 5.84 Å². The molecule has 0 bridgehead atoms. The first-order valence-electron chi connectivity index (χ1n) is 5.13. The second kappa shape index (κ2) is 5.11. The second-order valence-electron chi connectivity index (χ2n) is 3.45. The van der Waals surface area contributed by atoms with Gasteiger partial charge in [-0.3, -0.25) is 15.4 Å². The topological polar surface area (TPSA) is 113 Å². The van der Waals surface area contributed by atoms with E-state index in [0.29, 0.717) is 11.3 Å². The zero-order valence-electron chi connectivity index (χ0n) is 9.31. The van der Waals surface area contributed by atoms with Crippen molar-refractivity contribution in [2.75, 3.05) is 10.7 Å². The molecule has 0 fully saturated rings. The van der Waals surface area contributed by atoms with Crippen LogP contribution in [0, 0.1) is 0 Å². The first kappa shape index (κ1) is 11.8. The van der Waals surface area contributed by atoms with Crippen molar-refractivity contribution in [1.29, 1.82) is 0 Å². The van der Waals surface area contributed by atoms with Crippen molar-refractivity contribution in [3.63, 3.8) is 0 Å². The molecular weight excluding hydrogens is 234 g/mol. The maximum absolute atomic E-state index is 11.9. The molecule has 7 heteroatoms. The zero-order chi connectivity index (χ0) is 13.0. The Hall–Kier alpha value is -2.67. The van der Waals surface area contributed by atoms with E-state index in [1.165, 1.54) is 12.1 Å². The van der Waals surface area contributed by atoms with Crippen LogP contribution in [0.3, 0.4) is 0 Å². The van der Waals surface area contributed by atoms with Crippen LogP contribution < -0.4 is 22.1 Å². The molecule has 0 radical (unpaired) electrons. The number of hydrogen-bond donors (Lipinski definition) is 4. The Morgan fingerprint density at radius 2 is 2.00 bits per heavy atom. The number of amides is 1. The minimum Gasteiger partial charge on any atom is -0.323 e. The number of H-pyrrole nitrogens is 1. The molecule has 7 nitrogen and oxygen atoms in total.